The quantitative estimate of drug-likeness (QED) is 0.303. The molecule has 2 N–H and O–H groups in total. The fourth-order valence-corrected chi connectivity index (χ4v) is 0.909. The summed E-state index contributed by atoms with van der Waals surface area (Å²) in [5, 5.41) is 0. The first kappa shape index (κ1) is 41.2. The average Bonchev–Trinajstić information content (AvgIpc) is 2.47. The standard InChI is InChI=1S/C8H19NO.C2HF5.3BF4/c1-4-8(9,5-2)6-7-10-3;3-1(4)2(5,6)7;3*2-1(3,4)5/h4-7,9H2,1-3H3;1H;;;/q;;3*-1. The van der Waals surface area contributed by atoms with Gasteiger partial charge in [0.1, 0.15) is 0 Å². The smallest absolute Gasteiger partial charge is 0.418 e. The molecule has 0 bridgehead atoms. The van der Waals surface area contributed by atoms with Crippen molar-refractivity contribution in [3.63, 3.8) is 0 Å². The third-order valence-corrected chi connectivity index (χ3v) is 2.46. The van der Waals surface area contributed by atoms with E-state index in [-0.39, 0.29) is 5.54 Å². The molecule has 0 saturated carbocycles. The molecule has 0 atom stereocenters. The van der Waals surface area contributed by atoms with Crippen molar-refractivity contribution in [2.45, 2.75) is 51.3 Å². The summed E-state index contributed by atoms with van der Waals surface area (Å²) in [6, 6.07) is 0. The molecule has 0 aliphatic heterocycles. The first-order valence-electron chi connectivity index (χ1n) is 7.87. The van der Waals surface area contributed by atoms with E-state index in [4.69, 9.17) is 10.5 Å². The summed E-state index contributed by atoms with van der Waals surface area (Å²) < 4.78 is 174. The molecular weight excluding hydrogens is 506 g/mol. The molecular formula is C10H20B3F17NO-3. The Bertz CT molecular complexity index is 359. The fourth-order valence-electron chi connectivity index (χ4n) is 0.909. The zero-order valence-corrected chi connectivity index (χ0v) is 16.5. The van der Waals surface area contributed by atoms with Crippen molar-refractivity contribution in [3.8, 4) is 0 Å². The maximum Gasteiger partial charge on any atom is 0.673 e. The Morgan fingerprint density at radius 3 is 0.969 bits per heavy atom. The van der Waals surface area contributed by atoms with Crippen molar-refractivity contribution in [1.82, 2.24) is 0 Å². The molecule has 0 aliphatic rings. The van der Waals surface area contributed by atoms with Crippen molar-refractivity contribution in [1.29, 1.82) is 0 Å². The highest BCUT2D eigenvalue weighted by molar-refractivity contribution is 6.50. The summed E-state index contributed by atoms with van der Waals surface area (Å²) >= 11 is 0. The number of hydrogen-bond acceptors (Lipinski definition) is 2. The van der Waals surface area contributed by atoms with Crippen molar-refractivity contribution in [3.05, 3.63) is 0 Å². The Labute approximate surface area is 172 Å². The first-order valence-corrected chi connectivity index (χ1v) is 7.87. The molecule has 0 rings (SSSR count). The molecule has 202 valence electrons. The Balaban J connectivity index is -0.0000000984. The van der Waals surface area contributed by atoms with Gasteiger partial charge < -0.3 is 62.3 Å². The Morgan fingerprint density at radius 1 is 0.688 bits per heavy atom. The Morgan fingerprint density at radius 2 is 0.875 bits per heavy atom. The lowest BCUT2D eigenvalue weighted by atomic mass is 9.91. The SMILES string of the molecule is CCC(N)(CC)CCOC.FC(F)C(F)(F)F.F[B-](F)(F)F.F[B-](F)(F)F.F[B-](F)(F)F. The minimum atomic E-state index is -6.00. The van der Waals surface area contributed by atoms with Gasteiger partial charge in [-0.05, 0) is 19.3 Å². The van der Waals surface area contributed by atoms with E-state index in [1.165, 1.54) is 0 Å². The summed E-state index contributed by atoms with van der Waals surface area (Å²) in [5.41, 5.74) is 6.01. The number of hydrogen-bond donors (Lipinski definition) is 1. The average molecular weight is 526 g/mol. The van der Waals surface area contributed by atoms with E-state index in [2.05, 4.69) is 13.8 Å². The molecule has 0 aliphatic carbocycles. The topological polar surface area (TPSA) is 35.2 Å². The van der Waals surface area contributed by atoms with Crippen LogP contribution >= 0.6 is 0 Å². The molecule has 32 heavy (non-hydrogen) atoms. The van der Waals surface area contributed by atoms with Gasteiger partial charge in [0.15, 0.2) is 0 Å². The van der Waals surface area contributed by atoms with Crippen LogP contribution in [0.15, 0.2) is 0 Å². The molecule has 0 unspecified atom stereocenters. The second-order valence-electron chi connectivity index (χ2n) is 5.14. The lowest BCUT2D eigenvalue weighted by Gasteiger charge is -2.25. The Hall–Kier alpha value is -1.08. The molecule has 0 amide bonds. The second-order valence-corrected chi connectivity index (χ2v) is 5.14. The van der Waals surface area contributed by atoms with Crippen LogP contribution in [-0.2, 0) is 4.74 Å². The van der Waals surface area contributed by atoms with Gasteiger partial charge in [0.2, 0.25) is 0 Å². The van der Waals surface area contributed by atoms with Crippen LogP contribution < -0.4 is 5.73 Å². The van der Waals surface area contributed by atoms with Gasteiger partial charge in [-0.1, -0.05) is 13.8 Å². The van der Waals surface area contributed by atoms with Gasteiger partial charge in [-0.3, -0.25) is 0 Å². The first-order chi connectivity index (χ1) is 13.6. The largest absolute Gasteiger partial charge is 0.673 e. The molecule has 0 heterocycles. The van der Waals surface area contributed by atoms with Crippen LogP contribution in [0.25, 0.3) is 0 Å². The highest BCUT2D eigenvalue weighted by Crippen LogP contribution is 2.23. The molecule has 2 nitrogen and oxygen atoms in total. The summed E-state index contributed by atoms with van der Waals surface area (Å²) in [5.74, 6) is 0. The van der Waals surface area contributed by atoms with Crippen LogP contribution in [0, 0.1) is 0 Å². The summed E-state index contributed by atoms with van der Waals surface area (Å²) in [6.07, 6.45) is -6.50. The van der Waals surface area contributed by atoms with Gasteiger partial charge in [0.25, 0.3) is 0 Å². The van der Waals surface area contributed by atoms with Crippen LogP contribution in [0.4, 0.5) is 73.7 Å². The van der Waals surface area contributed by atoms with Gasteiger partial charge in [-0.25, -0.2) is 8.78 Å². The molecule has 0 aromatic rings. The maximum absolute atomic E-state index is 10.4. The molecule has 0 aromatic carbocycles. The molecule has 0 aromatic heterocycles. The van der Waals surface area contributed by atoms with Crippen molar-refractivity contribution in [2.75, 3.05) is 13.7 Å². The van der Waals surface area contributed by atoms with E-state index in [0.717, 1.165) is 25.9 Å². The second kappa shape index (κ2) is 18.4. The van der Waals surface area contributed by atoms with Gasteiger partial charge in [-0.2, -0.15) is 13.2 Å². The van der Waals surface area contributed by atoms with Gasteiger partial charge in [0.05, 0.1) is 0 Å². The van der Waals surface area contributed by atoms with Crippen molar-refractivity contribution < 1.29 is 78.5 Å². The number of nitrogens with two attached hydrogens (primary N) is 1. The fraction of sp³-hybridized carbons (Fsp3) is 1.00. The monoisotopic (exact) mass is 526 g/mol. The summed E-state index contributed by atoms with van der Waals surface area (Å²) in [7, 11) is -16.3. The lowest BCUT2D eigenvalue weighted by Crippen LogP contribution is -2.39. The Kier molecular flexibility index (Phi) is 23.6. The third kappa shape index (κ3) is 88.9. The number of halogens is 17. The minimum Gasteiger partial charge on any atom is -0.418 e. The van der Waals surface area contributed by atoms with Gasteiger partial charge in [-0.15, -0.1) is 0 Å². The number of alkyl halides is 5. The molecule has 0 radical (unpaired) electrons. The van der Waals surface area contributed by atoms with Gasteiger partial charge >= 0.3 is 34.4 Å². The lowest BCUT2D eigenvalue weighted by molar-refractivity contribution is -0.219. The normalized spacial score (nSPS) is 12.2. The predicted octanol–water partition coefficient (Wildman–Crippen LogP) is 7.25. The summed E-state index contributed by atoms with van der Waals surface area (Å²) in [4.78, 5) is 0. The zero-order chi connectivity index (χ0) is 27.6. The van der Waals surface area contributed by atoms with Crippen LogP contribution in [0.3, 0.4) is 0 Å². The molecule has 22 heteroatoms. The highest BCUT2D eigenvalue weighted by Gasteiger charge is 2.40. The minimum absolute atomic E-state index is 0.00993. The van der Waals surface area contributed by atoms with E-state index < -0.39 is 34.4 Å². The predicted molar refractivity (Wildman–Crippen MR) is 86.6 cm³/mol. The van der Waals surface area contributed by atoms with Crippen LogP contribution in [0.2, 0.25) is 0 Å². The third-order valence-electron chi connectivity index (χ3n) is 2.46. The number of ether oxygens (including phenoxy) is 1. The van der Waals surface area contributed by atoms with Gasteiger partial charge in [0, 0.05) is 19.3 Å². The van der Waals surface area contributed by atoms with E-state index in [1.54, 1.807) is 7.11 Å². The van der Waals surface area contributed by atoms with E-state index in [0.29, 0.717) is 0 Å². The zero-order valence-electron chi connectivity index (χ0n) is 16.5. The highest BCUT2D eigenvalue weighted by atomic mass is 19.5. The number of methoxy groups -OCH3 is 1. The number of rotatable bonds is 5. The molecule has 0 fully saturated rings. The van der Waals surface area contributed by atoms with Crippen LogP contribution in [-0.4, -0.2) is 53.6 Å². The molecule has 0 spiro atoms. The van der Waals surface area contributed by atoms with Crippen LogP contribution in [0.5, 0.6) is 0 Å². The van der Waals surface area contributed by atoms with E-state index in [1.807, 2.05) is 0 Å². The van der Waals surface area contributed by atoms with Crippen molar-refractivity contribution >= 4 is 21.8 Å². The maximum atomic E-state index is 10.4. The summed E-state index contributed by atoms with van der Waals surface area (Å²) in [6.45, 7) is 5.02. The van der Waals surface area contributed by atoms with E-state index in [9.17, 15) is 73.7 Å². The van der Waals surface area contributed by atoms with Crippen molar-refractivity contribution in [2.24, 2.45) is 5.73 Å². The molecule has 0 saturated heterocycles. The van der Waals surface area contributed by atoms with Crippen LogP contribution in [0.1, 0.15) is 33.1 Å². The van der Waals surface area contributed by atoms with E-state index >= 15 is 0 Å².